The number of benzene rings is 2. The molecule has 0 radical (unpaired) electrons. The fraction of sp³-hybridized carbons (Fsp3) is 0.435. The van der Waals surface area contributed by atoms with Gasteiger partial charge in [-0.15, -0.1) is 0 Å². The number of ketones is 2. The number of fused-ring (bicyclic) bond motifs is 1. The van der Waals surface area contributed by atoms with E-state index in [1.165, 1.54) is 28.3 Å². The first-order valence-electron chi connectivity index (χ1n) is 9.76. The zero-order valence-corrected chi connectivity index (χ0v) is 17.6. The Morgan fingerprint density at radius 2 is 1.70 bits per heavy atom. The Kier molecular flexibility index (Phi) is 6.12. The predicted octanol–water partition coefficient (Wildman–Crippen LogP) is 2.95. The van der Waals surface area contributed by atoms with Crippen molar-refractivity contribution in [3.8, 4) is 11.5 Å². The number of ether oxygens (including phenoxy) is 3. The molecule has 1 aliphatic carbocycles. The largest absolute Gasteiger partial charge is 0.496 e. The van der Waals surface area contributed by atoms with Crippen LogP contribution in [0.25, 0.3) is 10.8 Å². The van der Waals surface area contributed by atoms with E-state index in [0.29, 0.717) is 22.4 Å². The molecule has 3 atom stereocenters. The highest BCUT2D eigenvalue weighted by atomic mass is 16.5. The number of rotatable bonds is 6. The molecule has 3 rings (SSSR count). The maximum Gasteiger partial charge on any atom is 0.309 e. The Bertz CT molecular complexity index is 996. The number of aliphatic hydroxyl groups is 1. The average Bonchev–Trinajstić information content (AvgIpc) is 2.76. The molecule has 0 aromatic heterocycles. The molecule has 2 aromatic carbocycles. The molecule has 0 amide bonds. The second-order valence-corrected chi connectivity index (χ2v) is 7.64. The van der Waals surface area contributed by atoms with Crippen LogP contribution in [0.5, 0.6) is 11.5 Å². The van der Waals surface area contributed by atoms with E-state index in [-0.39, 0.29) is 25.0 Å². The van der Waals surface area contributed by atoms with Gasteiger partial charge in [0.2, 0.25) is 0 Å². The van der Waals surface area contributed by atoms with E-state index in [9.17, 15) is 19.5 Å². The van der Waals surface area contributed by atoms with Crippen molar-refractivity contribution in [3.63, 3.8) is 0 Å². The van der Waals surface area contributed by atoms with Crippen LogP contribution in [0.4, 0.5) is 0 Å². The fourth-order valence-corrected chi connectivity index (χ4v) is 4.32. The minimum Gasteiger partial charge on any atom is -0.496 e. The van der Waals surface area contributed by atoms with Gasteiger partial charge in [-0.2, -0.15) is 0 Å². The molecule has 1 saturated carbocycles. The summed E-state index contributed by atoms with van der Waals surface area (Å²) in [6.07, 6.45) is 0.116. The van der Waals surface area contributed by atoms with Gasteiger partial charge in [0, 0.05) is 16.7 Å². The van der Waals surface area contributed by atoms with Gasteiger partial charge >= 0.3 is 5.97 Å². The van der Waals surface area contributed by atoms with E-state index in [0.717, 1.165) is 5.39 Å². The molecule has 0 aliphatic heterocycles. The van der Waals surface area contributed by atoms with Crippen LogP contribution in [0, 0.1) is 11.8 Å². The van der Waals surface area contributed by atoms with Gasteiger partial charge in [-0.1, -0.05) is 24.3 Å². The molecule has 2 aromatic rings. The molecule has 1 fully saturated rings. The summed E-state index contributed by atoms with van der Waals surface area (Å²) in [7, 11) is 4.23. The van der Waals surface area contributed by atoms with Crippen molar-refractivity contribution in [1.29, 1.82) is 0 Å². The number of carbonyl (C=O) groups is 3. The Morgan fingerprint density at radius 1 is 1.03 bits per heavy atom. The Hall–Kier alpha value is -2.93. The van der Waals surface area contributed by atoms with E-state index >= 15 is 0 Å². The molecule has 0 heterocycles. The van der Waals surface area contributed by atoms with Crippen molar-refractivity contribution in [2.45, 2.75) is 31.8 Å². The van der Waals surface area contributed by atoms with Crippen LogP contribution in [0.2, 0.25) is 0 Å². The lowest BCUT2D eigenvalue weighted by molar-refractivity contribution is -0.156. The van der Waals surface area contributed by atoms with Crippen molar-refractivity contribution < 1.29 is 33.7 Å². The van der Waals surface area contributed by atoms with Gasteiger partial charge in [0.1, 0.15) is 17.1 Å². The lowest BCUT2D eigenvalue weighted by Gasteiger charge is -2.38. The smallest absolute Gasteiger partial charge is 0.309 e. The number of Topliss-reactive ketones (excluding diaryl/α,β-unsaturated/α-hetero) is 2. The number of carbonyl (C=O) groups excluding carboxylic acids is 3. The van der Waals surface area contributed by atoms with E-state index < -0.39 is 29.2 Å². The summed E-state index contributed by atoms with van der Waals surface area (Å²) in [6.45, 7) is 1.29. The number of hydrogen-bond donors (Lipinski definition) is 1. The van der Waals surface area contributed by atoms with Crippen molar-refractivity contribution in [2.24, 2.45) is 11.8 Å². The molecule has 30 heavy (non-hydrogen) atoms. The van der Waals surface area contributed by atoms with Gasteiger partial charge < -0.3 is 19.3 Å². The standard InChI is InChI=1S/C23H26O7/c1-13(24)23(27)10-9-15(18(12-23)22(26)30-4)20(25)17-11-19(28-2)14-7-5-6-8-16(14)21(17)29-3/h5-8,11,15,18,27H,9-10,12H2,1-4H3/t15-,18-,23-/m1/s1. The first kappa shape index (κ1) is 21.8. The third-order valence-corrected chi connectivity index (χ3v) is 6.05. The number of hydrogen-bond acceptors (Lipinski definition) is 7. The third kappa shape index (κ3) is 3.65. The minimum atomic E-state index is -1.64. The van der Waals surface area contributed by atoms with Crippen LogP contribution in [-0.4, -0.2) is 49.6 Å². The monoisotopic (exact) mass is 414 g/mol. The van der Waals surface area contributed by atoms with E-state index in [2.05, 4.69) is 0 Å². The highest BCUT2D eigenvalue weighted by Crippen LogP contribution is 2.43. The lowest BCUT2D eigenvalue weighted by Crippen LogP contribution is -2.48. The second kappa shape index (κ2) is 8.44. The summed E-state index contributed by atoms with van der Waals surface area (Å²) >= 11 is 0. The molecular weight excluding hydrogens is 388 g/mol. The summed E-state index contributed by atoms with van der Waals surface area (Å²) in [5.74, 6) is -2.14. The Labute approximate surface area is 174 Å². The average molecular weight is 414 g/mol. The van der Waals surface area contributed by atoms with Crippen molar-refractivity contribution >= 4 is 28.3 Å². The van der Waals surface area contributed by atoms with Crippen molar-refractivity contribution in [2.75, 3.05) is 21.3 Å². The highest BCUT2D eigenvalue weighted by Gasteiger charge is 2.48. The third-order valence-electron chi connectivity index (χ3n) is 6.05. The molecule has 7 nitrogen and oxygen atoms in total. The molecule has 1 aliphatic rings. The zero-order valence-electron chi connectivity index (χ0n) is 17.6. The summed E-state index contributed by atoms with van der Waals surface area (Å²) in [5.41, 5.74) is -1.35. The van der Waals surface area contributed by atoms with E-state index in [1.54, 1.807) is 6.07 Å². The molecular formula is C23H26O7. The van der Waals surface area contributed by atoms with Gasteiger partial charge in [-0.3, -0.25) is 14.4 Å². The van der Waals surface area contributed by atoms with Crippen LogP contribution in [-0.2, 0) is 14.3 Å². The van der Waals surface area contributed by atoms with Gasteiger partial charge in [0.25, 0.3) is 0 Å². The molecule has 0 unspecified atom stereocenters. The quantitative estimate of drug-likeness (QED) is 0.573. The number of methoxy groups -OCH3 is 3. The SMILES string of the molecule is COC(=O)[C@@H]1C[C@@](O)(C(C)=O)CC[C@H]1C(=O)c1cc(OC)c2ccccc2c1OC. The molecule has 160 valence electrons. The van der Waals surface area contributed by atoms with Gasteiger partial charge in [0.15, 0.2) is 11.6 Å². The van der Waals surface area contributed by atoms with Crippen LogP contribution >= 0.6 is 0 Å². The first-order valence-corrected chi connectivity index (χ1v) is 9.76. The summed E-state index contributed by atoms with van der Waals surface area (Å²) in [4.78, 5) is 38.0. The van der Waals surface area contributed by atoms with E-state index in [4.69, 9.17) is 14.2 Å². The van der Waals surface area contributed by atoms with Crippen LogP contribution < -0.4 is 9.47 Å². The van der Waals surface area contributed by atoms with Crippen LogP contribution in [0.15, 0.2) is 30.3 Å². The fourth-order valence-electron chi connectivity index (χ4n) is 4.32. The minimum absolute atomic E-state index is 0.0965. The molecule has 1 N–H and O–H groups in total. The van der Waals surface area contributed by atoms with Gasteiger partial charge in [-0.05, 0) is 32.3 Å². The molecule has 0 spiro atoms. The van der Waals surface area contributed by atoms with Crippen LogP contribution in [0.3, 0.4) is 0 Å². The second-order valence-electron chi connectivity index (χ2n) is 7.64. The maximum atomic E-state index is 13.6. The predicted molar refractivity (Wildman–Crippen MR) is 110 cm³/mol. The maximum absolute atomic E-state index is 13.6. The Balaban J connectivity index is 2.10. The Morgan fingerprint density at radius 3 is 2.27 bits per heavy atom. The molecule has 0 saturated heterocycles. The highest BCUT2D eigenvalue weighted by molar-refractivity contribution is 6.09. The summed E-state index contributed by atoms with van der Waals surface area (Å²) < 4.78 is 15.9. The molecule has 7 heteroatoms. The van der Waals surface area contributed by atoms with Gasteiger partial charge in [-0.25, -0.2) is 0 Å². The molecule has 0 bridgehead atoms. The first-order chi connectivity index (χ1) is 14.3. The van der Waals surface area contributed by atoms with Gasteiger partial charge in [0.05, 0.1) is 32.8 Å². The summed E-state index contributed by atoms with van der Waals surface area (Å²) in [6, 6.07) is 9.02. The summed E-state index contributed by atoms with van der Waals surface area (Å²) in [5, 5.41) is 12.2. The van der Waals surface area contributed by atoms with Crippen molar-refractivity contribution in [3.05, 3.63) is 35.9 Å². The van der Waals surface area contributed by atoms with Crippen molar-refractivity contribution in [1.82, 2.24) is 0 Å². The topological polar surface area (TPSA) is 99.1 Å². The number of esters is 1. The normalized spacial score (nSPS) is 23.6. The van der Waals surface area contributed by atoms with E-state index in [1.807, 2.05) is 24.3 Å². The zero-order chi connectivity index (χ0) is 22.1. The van der Waals surface area contributed by atoms with Crippen LogP contribution in [0.1, 0.15) is 36.5 Å². The lowest BCUT2D eigenvalue weighted by atomic mass is 9.68.